The van der Waals surface area contributed by atoms with Gasteiger partial charge < -0.3 is 30.1 Å². The number of rotatable bonds is 6. The summed E-state index contributed by atoms with van der Waals surface area (Å²) in [7, 11) is 0. The van der Waals surface area contributed by atoms with Crippen LogP contribution in [0.4, 0.5) is 4.79 Å². The molecular weight excluding hydrogens is 660 g/mol. The number of hydrogen-bond donors (Lipinski definition) is 3. The molecular formula is C36H42N6O7S. The average molecular weight is 703 g/mol. The molecule has 3 amide bonds. The number of alkyl carbamates (subject to hydrolysis) is 1. The lowest BCUT2D eigenvalue weighted by molar-refractivity contribution is -0.145. The van der Waals surface area contributed by atoms with Gasteiger partial charge in [-0.15, -0.1) is 11.3 Å². The number of nitrogens with zero attached hydrogens (tertiary/aromatic N) is 4. The van der Waals surface area contributed by atoms with Crippen LogP contribution < -0.4 is 15.4 Å². The van der Waals surface area contributed by atoms with E-state index >= 15 is 0 Å². The van der Waals surface area contributed by atoms with Gasteiger partial charge >= 0.3 is 12.1 Å². The van der Waals surface area contributed by atoms with Crippen LogP contribution in [-0.4, -0.2) is 85.2 Å². The highest BCUT2D eigenvalue weighted by Crippen LogP contribution is 2.45. The van der Waals surface area contributed by atoms with Crippen molar-refractivity contribution in [3.63, 3.8) is 0 Å². The second kappa shape index (κ2) is 14.3. The van der Waals surface area contributed by atoms with E-state index in [4.69, 9.17) is 19.4 Å². The summed E-state index contributed by atoms with van der Waals surface area (Å²) in [6.07, 6.45) is 11.4. The summed E-state index contributed by atoms with van der Waals surface area (Å²) in [5, 5.41) is 17.8. The number of carboxylic acids is 1. The molecule has 3 aromatic heterocycles. The van der Waals surface area contributed by atoms with E-state index in [2.05, 4.69) is 15.6 Å². The molecule has 14 heteroatoms. The van der Waals surface area contributed by atoms with Crippen LogP contribution in [0, 0.1) is 12.8 Å². The van der Waals surface area contributed by atoms with E-state index in [0.29, 0.717) is 30.2 Å². The number of ether oxygens (including phenoxy) is 2. The van der Waals surface area contributed by atoms with Crippen molar-refractivity contribution in [3.8, 4) is 17.4 Å². The number of aryl methyl sites for hydroxylation is 1. The second-order valence-corrected chi connectivity index (χ2v) is 14.7. The number of amides is 3. The maximum Gasteiger partial charge on any atom is 0.408 e. The van der Waals surface area contributed by atoms with Crippen molar-refractivity contribution in [1.82, 2.24) is 30.5 Å². The monoisotopic (exact) mass is 702 g/mol. The van der Waals surface area contributed by atoms with Crippen LogP contribution in [0.15, 0.2) is 41.9 Å². The van der Waals surface area contributed by atoms with E-state index in [9.17, 15) is 24.3 Å². The normalized spacial score (nSPS) is 28.1. The molecule has 50 heavy (non-hydrogen) atoms. The summed E-state index contributed by atoms with van der Waals surface area (Å²) >= 11 is 1.44. The number of carboxylic acid groups (broad SMARTS) is 1. The number of fused-ring (bicyclic) bond motifs is 3. The molecule has 0 radical (unpaired) electrons. The molecule has 3 fully saturated rings. The maximum absolute atomic E-state index is 14.4. The van der Waals surface area contributed by atoms with E-state index in [1.54, 1.807) is 6.20 Å². The number of nitrogens with one attached hydrogen (secondary N) is 2. The van der Waals surface area contributed by atoms with Gasteiger partial charge in [0, 0.05) is 18.5 Å². The molecule has 264 valence electrons. The number of hydrogen-bond acceptors (Lipinski definition) is 10. The van der Waals surface area contributed by atoms with Gasteiger partial charge in [0.2, 0.25) is 17.7 Å². The summed E-state index contributed by atoms with van der Waals surface area (Å²) in [6.45, 7) is 1.99. The zero-order valence-electron chi connectivity index (χ0n) is 28.0. The lowest BCUT2D eigenvalue weighted by Crippen LogP contribution is -2.56. The van der Waals surface area contributed by atoms with Crippen LogP contribution in [0.1, 0.15) is 76.2 Å². The summed E-state index contributed by atoms with van der Waals surface area (Å²) in [5.41, 5.74) is 0.815. The lowest BCUT2D eigenvalue weighted by Gasteiger charge is -2.29. The number of aromatic nitrogens is 3. The Hall–Kier alpha value is -4.59. The van der Waals surface area contributed by atoms with Crippen molar-refractivity contribution in [2.75, 3.05) is 6.54 Å². The van der Waals surface area contributed by atoms with Gasteiger partial charge in [0.05, 0.1) is 12.1 Å². The first-order valence-corrected chi connectivity index (χ1v) is 18.4. The van der Waals surface area contributed by atoms with Crippen molar-refractivity contribution in [1.29, 1.82) is 0 Å². The SMILES string of the molecule is Cc1csc2c(O[C@@H]3C[C@H]4C(=O)N[C@]5(C(=O)O)C[C@H]5/C=C/CCCCC[C@H](NC(=O)OC5CCCC5)C(=O)N4C3)nc(-c3ccccn3)nc12. The Morgan fingerprint density at radius 1 is 1.08 bits per heavy atom. The molecule has 3 N–H and O–H groups in total. The van der Waals surface area contributed by atoms with Gasteiger partial charge in [-0.25, -0.2) is 14.6 Å². The van der Waals surface area contributed by atoms with Crippen LogP contribution in [0.3, 0.4) is 0 Å². The minimum absolute atomic E-state index is 0.0327. The quantitative estimate of drug-likeness (QED) is 0.299. The first-order valence-electron chi connectivity index (χ1n) is 17.6. The van der Waals surface area contributed by atoms with Crippen molar-refractivity contribution in [3.05, 3.63) is 47.5 Å². The van der Waals surface area contributed by atoms with E-state index in [0.717, 1.165) is 60.7 Å². The average Bonchev–Trinajstić information content (AvgIpc) is 3.47. The predicted octanol–water partition coefficient (Wildman–Crippen LogP) is 4.93. The molecule has 0 spiro atoms. The Labute approximate surface area is 293 Å². The Balaban J connectivity index is 1.19. The van der Waals surface area contributed by atoms with Gasteiger partial charge in [-0.2, -0.15) is 4.98 Å². The van der Waals surface area contributed by atoms with Gasteiger partial charge in [-0.1, -0.05) is 31.1 Å². The number of thiophene rings is 1. The molecule has 2 aliphatic carbocycles. The molecule has 5 atom stereocenters. The molecule has 13 nitrogen and oxygen atoms in total. The molecule has 2 saturated carbocycles. The number of carbonyl (C=O) groups excluding carboxylic acids is 3. The first kappa shape index (κ1) is 33.9. The van der Waals surface area contributed by atoms with Crippen molar-refractivity contribution in [2.24, 2.45) is 5.92 Å². The van der Waals surface area contributed by atoms with Crippen LogP contribution >= 0.6 is 11.3 Å². The third kappa shape index (κ3) is 7.03. The van der Waals surface area contributed by atoms with Gasteiger partial charge in [-0.05, 0) is 81.4 Å². The molecule has 5 heterocycles. The molecule has 1 saturated heterocycles. The van der Waals surface area contributed by atoms with Gasteiger partial charge in [0.15, 0.2) is 5.82 Å². The maximum atomic E-state index is 14.4. The van der Waals surface area contributed by atoms with Crippen molar-refractivity contribution in [2.45, 2.75) is 107 Å². The molecule has 0 aromatic carbocycles. The highest BCUT2D eigenvalue weighted by atomic mass is 32.1. The fraction of sp³-hybridized carbons (Fsp3) is 0.528. The summed E-state index contributed by atoms with van der Waals surface area (Å²) in [5.74, 6) is -1.75. The summed E-state index contributed by atoms with van der Waals surface area (Å²) in [6, 6.07) is 3.50. The lowest BCUT2D eigenvalue weighted by atomic mass is 10.0. The molecule has 2 aliphatic heterocycles. The standard InChI is InChI=1S/C36H42N6O7S/c1-21-20-50-29-28(21)39-30(25-14-9-10-16-37-25)40-32(29)48-24-17-27-31(43)41-36(34(45)46)18-22(36)11-5-3-2-4-6-15-26(33(44)42(27)19-24)38-35(47)49-23-12-7-8-13-23/h5,9-11,14,16,20,22-24,26-27H,2-4,6-8,12-13,15,17-19H2,1H3,(H,38,47)(H,41,43)(H,45,46)/b11-5+/t22-,24-,26+,27+,36-/m1/s1. The number of pyridine rings is 1. The minimum atomic E-state index is -1.44. The van der Waals surface area contributed by atoms with Crippen molar-refractivity contribution >= 4 is 45.4 Å². The van der Waals surface area contributed by atoms with E-state index in [1.165, 1.54) is 16.2 Å². The van der Waals surface area contributed by atoms with Gasteiger partial charge in [0.1, 0.15) is 40.2 Å². The van der Waals surface area contributed by atoms with Crippen LogP contribution in [0.5, 0.6) is 5.88 Å². The smallest absolute Gasteiger partial charge is 0.408 e. The van der Waals surface area contributed by atoms with E-state index < -0.39 is 47.6 Å². The Bertz CT molecular complexity index is 1790. The highest BCUT2D eigenvalue weighted by Gasteiger charge is 2.61. The van der Waals surface area contributed by atoms with E-state index in [-0.39, 0.29) is 31.4 Å². The Morgan fingerprint density at radius 2 is 1.90 bits per heavy atom. The van der Waals surface area contributed by atoms with Crippen molar-refractivity contribution < 1.29 is 33.8 Å². The zero-order chi connectivity index (χ0) is 34.8. The third-order valence-electron chi connectivity index (χ3n) is 10.2. The highest BCUT2D eigenvalue weighted by molar-refractivity contribution is 7.17. The first-order chi connectivity index (χ1) is 24.2. The second-order valence-electron chi connectivity index (χ2n) is 13.8. The molecule has 3 aromatic rings. The summed E-state index contributed by atoms with van der Waals surface area (Å²) in [4.78, 5) is 69.3. The molecule has 0 bridgehead atoms. The van der Waals surface area contributed by atoms with Crippen LogP contribution in [0.25, 0.3) is 21.7 Å². The Kier molecular flexibility index (Phi) is 9.71. The number of allylic oxidation sites excluding steroid dienone is 1. The molecule has 7 rings (SSSR count). The van der Waals surface area contributed by atoms with Gasteiger partial charge in [0.25, 0.3) is 0 Å². The molecule has 0 unspecified atom stereocenters. The fourth-order valence-corrected chi connectivity index (χ4v) is 8.25. The van der Waals surface area contributed by atoms with E-state index in [1.807, 2.05) is 42.7 Å². The number of aliphatic carboxylic acids is 1. The topological polar surface area (TPSA) is 173 Å². The minimum Gasteiger partial charge on any atom is -0.479 e. The third-order valence-corrected chi connectivity index (χ3v) is 11.3. The zero-order valence-corrected chi connectivity index (χ0v) is 28.8. The largest absolute Gasteiger partial charge is 0.479 e. The van der Waals surface area contributed by atoms with Crippen LogP contribution in [0.2, 0.25) is 0 Å². The van der Waals surface area contributed by atoms with Gasteiger partial charge in [-0.3, -0.25) is 14.6 Å². The number of carbonyl (C=O) groups is 4. The molecule has 4 aliphatic rings. The Morgan fingerprint density at radius 3 is 2.68 bits per heavy atom. The summed E-state index contributed by atoms with van der Waals surface area (Å²) < 4.78 is 12.9. The predicted molar refractivity (Wildman–Crippen MR) is 184 cm³/mol. The fourth-order valence-electron chi connectivity index (χ4n) is 7.33. The van der Waals surface area contributed by atoms with Crippen LogP contribution in [-0.2, 0) is 19.1 Å².